The molecule has 1 atom stereocenters. The molecule has 0 radical (unpaired) electrons. The molecule has 1 aromatic rings. The molecule has 0 saturated carbocycles. The summed E-state index contributed by atoms with van der Waals surface area (Å²) >= 11 is 0. The fourth-order valence-electron chi connectivity index (χ4n) is 2.74. The molecular weight excluding hydrogens is 375 g/mol. The predicted molar refractivity (Wildman–Crippen MR) is 96.9 cm³/mol. The summed E-state index contributed by atoms with van der Waals surface area (Å²) in [6, 6.07) is 2.71. The molecule has 6 nitrogen and oxygen atoms in total. The third-order valence-electron chi connectivity index (χ3n) is 4.22. The third-order valence-corrected chi connectivity index (χ3v) is 4.22. The van der Waals surface area contributed by atoms with Gasteiger partial charge >= 0.3 is 6.18 Å². The second-order valence-corrected chi connectivity index (χ2v) is 6.13. The van der Waals surface area contributed by atoms with Crippen molar-refractivity contribution in [3.05, 3.63) is 47.4 Å². The van der Waals surface area contributed by atoms with Gasteiger partial charge in [0.1, 0.15) is 12.0 Å². The van der Waals surface area contributed by atoms with Crippen LogP contribution in [0.4, 0.5) is 13.2 Å². The number of halogens is 3. The zero-order valence-corrected chi connectivity index (χ0v) is 15.3. The molecule has 1 amide bonds. The quantitative estimate of drug-likeness (QED) is 0.475. The topological polar surface area (TPSA) is 71.9 Å². The highest BCUT2D eigenvalue weighted by Gasteiger charge is 2.32. The molecule has 0 saturated heterocycles. The van der Waals surface area contributed by atoms with Crippen molar-refractivity contribution in [2.45, 2.75) is 32.0 Å². The van der Waals surface area contributed by atoms with Crippen molar-refractivity contribution < 1.29 is 27.5 Å². The summed E-state index contributed by atoms with van der Waals surface area (Å²) in [4.78, 5) is 32.9. The molecule has 1 unspecified atom stereocenters. The van der Waals surface area contributed by atoms with Crippen LogP contribution in [0.2, 0.25) is 0 Å². The van der Waals surface area contributed by atoms with Crippen LogP contribution in [0, 0.1) is 0 Å². The van der Waals surface area contributed by atoms with E-state index in [1.54, 1.807) is 17.9 Å². The molecule has 1 aromatic heterocycles. The van der Waals surface area contributed by atoms with Gasteiger partial charge in [-0.25, -0.2) is 0 Å². The first-order valence-corrected chi connectivity index (χ1v) is 8.51. The summed E-state index contributed by atoms with van der Waals surface area (Å²) in [5.74, 6) is -0.0371. The Morgan fingerprint density at radius 1 is 1.43 bits per heavy atom. The molecule has 0 spiro atoms. The largest absolute Gasteiger partial charge is 0.492 e. The number of aliphatic imine (C=N–C) groups is 1. The van der Waals surface area contributed by atoms with Gasteiger partial charge < -0.3 is 14.4 Å². The number of aromatic nitrogens is 1. The Morgan fingerprint density at radius 2 is 2.18 bits per heavy atom. The molecule has 0 aliphatic carbocycles. The van der Waals surface area contributed by atoms with Crippen molar-refractivity contribution in [3.63, 3.8) is 0 Å². The predicted octanol–water partition coefficient (Wildman–Crippen LogP) is 3.42. The number of alkyl halides is 3. The highest BCUT2D eigenvalue weighted by Crippen LogP contribution is 2.30. The Balaban J connectivity index is 2.06. The highest BCUT2D eigenvalue weighted by atomic mass is 19.4. The lowest BCUT2D eigenvalue weighted by atomic mass is 10.1. The molecule has 150 valence electrons. The molecule has 2 rings (SSSR count). The molecule has 0 N–H and O–H groups in total. The van der Waals surface area contributed by atoms with Gasteiger partial charge in [-0.1, -0.05) is 0 Å². The Morgan fingerprint density at radius 3 is 2.75 bits per heavy atom. The number of hydrogen-bond donors (Lipinski definition) is 0. The van der Waals surface area contributed by atoms with E-state index < -0.39 is 25.2 Å². The van der Waals surface area contributed by atoms with Crippen molar-refractivity contribution in [1.29, 1.82) is 0 Å². The molecule has 28 heavy (non-hydrogen) atoms. The van der Waals surface area contributed by atoms with Crippen molar-refractivity contribution in [1.82, 2.24) is 9.88 Å². The first kappa shape index (κ1) is 21.3. The fourth-order valence-corrected chi connectivity index (χ4v) is 2.74. The Hall–Kier alpha value is -2.97. The average Bonchev–Trinajstić information content (AvgIpc) is 2.95. The molecule has 1 aliphatic rings. The molecule has 9 heteroatoms. The van der Waals surface area contributed by atoms with E-state index in [0.29, 0.717) is 16.8 Å². The minimum Gasteiger partial charge on any atom is -0.492 e. The minimum absolute atomic E-state index is 0.130. The molecule has 2 heterocycles. The Kier molecular flexibility index (Phi) is 7.08. The van der Waals surface area contributed by atoms with Crippen molar-refractivity contribution >= 4 is 18.9 Å². The number of carbonyl (C=O) groups excluding carboxylic acids is 2. The Bertz CT molecular complexity index is 786. The van der Waals surface area contributed by atoms with E-state index in [4.69, 9.17) is 4.74 Å². The molecule has 0 fully saturated rings. The van der Waals surface area contributed by atoms with E-state index in [2.05, 4.69) is 16.7 Å². The zero-order valence-electron chi connectivity index (χ0n) is 15.3. The summed E-state index contributed by atoms with van der Waals surface area (Å²) in [7, 11) is 0. The van der Waals surface area contributed by atoms with Crippen molar-refractivity contribution in [3.8, 4) is 5.75 Å². The van der Waals surface area contributed by atoms with Crippen LogP contribution in [0.5, 0.6) is 5.75 Å². The van der Waals surface area contributed by atoms with Gasteiger partial charge in [0.25, 0.3) is 5.91 Å². The van der Waals surface area contributed by atoms with E-state index in [9.17, 15) is 22.8 Å². The number of carbonyl (C=O) groups is 2. The maximum absolute atomic E-state index is 12.7. The number of nitrogens with zero attached hydrogens (tertiary/aromatic N) is 3. The SMILES string of the molecule is C=N/C=C\C1=C(CC=O)CN(C(C)c2ccc(OCCC(F)(F)F)cn2)C1=O. The maximum atomic E-state index is 12.7. The minimum atomic E-state index is -4.28. The fraction of sp³-hybridized carbons (Fsp3) is 0.368. The molecule has 0 aromatic carbocycles. The average molecular weight is 395 g/mol. The maximum Gasteiger partial charge on any atom is 0.392 e. The van der Waals surface area contributed by atoms with Crippen LogP contribution < -0.4 is 4.74 Å². The summed E-state index contributed by atoms with van der Waals surface area (Å²) < 4.78 is 41.5. The van der Waals surface area contributed by atoms with Crippen molar-refractivity contribution in [2.75, 3.05) is 13.2 Å². The number of hydrogen-bond acceptors (Lipinski definition) is 5. The number of ether oxygens (including phenoxy) is 1. The van der Waals surface area contributed by atoms with E-state index in [-0.39, 0.29) is 24.6 Å². The molecule has 1 aliphatic heterocycles. The second-order valence-electron chi connectivity index (χ2n) is 6.13. The first-order valence-electron chi connectivity index (χ1n) is 8.51. The number of pyridine rings is 1. The normalized spacial score (nSPS) is 16.0. The summed E-state index contributed by atoms with van der Waals surface area (Å²) in [5.41, 5.74) is 1.63. The number of aldehydes is 1. The summed E-state index contributed by atoms with van der Waals surface area (Å²) in [6.45, 7) is 4.89. The monoisotopic (exact) mass is 395 g/mol. The summed E-state index contributed by atoms with van der Waals surface area (Å²) in [6.07, 6.45) is -0.233. The number of amides is 1. The third kappa shape index (κ3) is 5.51. The van der Waals surface area contributed by atoms with Gasteiger partial charge in [-0.15, -0.1) is 0 Å². The van der Waals surface area contributed by atoms with E-state index in [1.807, 2.05) is 0 Å². The number of rotatable bonds is 9. The smallest absolute Gasteiger partial charge is 0.392 e. The van der Waals surface area contributed by atoms with Gasteiger partial charge in [0.05, 0.1) is 31.0 Å². The standard InChI is InChI=1S/C19H20F3N3O3/c1-13(17-4-3-15(11-24-17)28-10-7-19(20,21)22)25-12-14(6-9-26)16(18(25)27)5-8-23-2/h3-5,8-9,11,13H,2,6-7,10,12H2,1H3/b8-5-. The van der Waals surface area contributed by atoms with Crippen LogP contribution in [0.3, 0.4) is 0 Å². The van der Waals surface area contributed by atoms with Crippen molar-refractivity contribution in [2.24, 2.45) is 4.99 Å². The first-order chi connectivity index (χ1) is 13.3. The van der Waals surface area contributed by atoms with Crippen LogP contribution in [-0.2, 0) is 9.59 Å². The van der Waals surface area contributed by atoms with E-state index >= 15 is 0 Å². The molecular formula is C19H20F3N3O3. The van der Waals surface area contributed by atoms with Crippen LogP contribution >= 0.6 is 0 Å². The van der Waals surface area contributed by atoms with Gasteiger partial charge in [-0.05, 0) is 37.4 Å². The Labute approximate surface area is 160 Å². The molecule has 0 bridgehead atoms. The van der Waals surface area contributed by atoms with Gasteiger partial charge in [0, 0.05) is 24.7 Å². The van der Waals surface area contributed by atoms with Gasteiger partial charge in [-0.3, -0.25) is 14.8 Å². The van der Waals surface area contributed by atoms with E-state index in [0.717, 1.165) is 6.29 Å². The lowest BCUT2D eigenvalue weighted by Gasteiger charge is -2.24. The zero-order chi connectivity index (χ0) is 20.7. The summed E-state index contributed by atoms with van der Waals surface area (Å²) in [5, 5.41) is 0. The van der Waals surface area contributed by atoms with Crippen LogP contribution in [0.15, 0.2) is 46.7 Å². The second kappa shape index (κ2) is 9.29. The van der Waals surface area contributed by atoms with E-state index in [1.165, 1.54) is 24.5 Å². The highest BCUT2D eigenvalue weighted by molar-refractivity contribution is 6.00. The van der Waals surface area contributed by atoms with Gasteiger partial charge in [0.2, 0.25) is 0 Å². The van der Waals surface area contributed by atoms with Crippen LogP contribution in [0.1, 0.15) is 31.5 Å². The van der Waals surface area contributed by atoms with Gasteiger partial charge in [-0.2, -0.15) is 13.2 Å². The van der Waals surface area contributed by atoms with Gasteiger partial charge in [0.15, 0.2) is 0 Å². The van der Waals surface area contributed by atoms with Crippen LogP contribution in [0.25, 0.3) is 0 Å². The van der Waals surface area contributed by atoms with Crippen LogP contribution in [-0.4, -0.2) is 48.1 Å². The lowest BCUT2D eigenvalue weighted by Crippen LogP contribution is -2.30. The lowest BCUT2D eigenvalue weighted by molar-refractivity contribution is -0.139.